The molecule has 8 heteroatoms. The van der Waals surface area contributed by atoms with Crippen LogP contribution >= 0.6 is 12.4 Å². The van der Waals surface area contributed by atoms with Crippen molar-refractivity contribution in [3.05, 3.63) is 0 Å². The molecule has 4 fully saturated rings. The largest absolute Gasteiger partial charge is 0.373 e. The summed E-state index contributed by atoms with van der Waals surface area (Å²) in [6.07, 6.45) is 4.72. The summed E-state index contributed by atoms with van der Waals surface area (Å²) in [6.45, 7) is 2.84. The highest BCUT2D eigenvalue weighted by Gasteiger charge is 2.62. The molecule has 4 aliphatic heterocycles. The third kappa shape index (κ3) is 3.04. The van der Waals surface area contributed by atoms with Crippen LogP contribution in [0.25, 0.3) is 0 Å². The van der Waals surface area contributed by atoms with Gasteiger partial charge in [-0.1, -0.05) is 0 Å². The molecule has 0 aromatic rings. The van der Waals surface area contributed by atoms with E-state index in [9.17, 15) is 14.4 Å². The van der Waals surface area contributed by atoms with Crippen LogP contribution in [0.1, 0.15) is 45.4 Å². The molecule has 0 radical (unpaired) electrons. The molecular formula is C18H28ClN3O4. The van der Waals surface area contributed by atoms with Gasteiger partial charge in [-0.05, 0) is 39.0 Å². The van der Waals surface area contributed by atoms with Gasteiger partial charge < -0.3 is 15.4 Å². The SMILES string of the molecule is CC(N)C1CCCCN1C(=O)CCN1C(=O)C2C3CCC(O3)C2C1=O.Cl. The Labute approximate surface area is 160 Å². The summed E-state index contributed by atoms with van der Waals surface area (Å²) in [7, 11) is 0. The summed E-state index contributed by atoms with van der Waals surface area (Å²) in [6, 6.07) is 0.00119. The molecule has 4 rings (SSSR count). The molecular weight excluding hydrogens is 358 g/mol. The molecule has 4 aliphatic rings. The summed E-state index contributed by atoms with van der Waals surface area (Å²) in [4.78, 5) is 41.1. The van der Waals surface area contributed by atoms with Crippen LogP contribution in [0.2, 0.25) is 0 Å². The monoisotopic (exact) mass is 385 g/mol. The van der Waals surface area contributed by atoms with Crippen molar-refractivity contribution in [3.8, 4) is 0 Å². The van der Waals surface area contributed by atoms with Crippen LogP contribution in [0.3, 0.4) is 0 Å². The predicted molar refractivity (Wildman–Crippen MR) is 96.5 cm³/mol. The summed E-state index contributed by atoms with van der Waals surface area (Å²) in [5.74, 6) is -0.907. The van der Waals surface area contributed by atoms with Crippen LogP contribution in [-0.4, -0.2) is 64.9 Å². The summed E-state index contributed by atoms with van der Waals surface area (Å²) in [5.41, 5.74) is 6.03. The Morgan fingerprint density at radius 1 is 1.15 bits per heavy atom. The topological polar surface area (TPSA) is 92.9 Å². The van der Waals surface area contributed by atoms with Crippen molar-refractivity contribution in [1.82, 2.24) is 9.80 Å². The lowest BCUT2D eigenvalue weighted by Crippen LogP contribution is -2.52. The van der Waals surface area contributed by atoms with E-state index in [1.54, 1.807) is 0 Å². The zero-order valence-corrected chi connectivity index (χ0v) is 16.0. The van der Waals surface area contributed by atoms with Gasteiger partial charge in [-0.15, -0.1) is 12.4 Å². The van der Waals surface area contributed by atoms with Gasteiger partial charge in [-0.25, -0.2) is 0 Å². The van der Waals surface area contributed by atoms with Crippen molar-refractivity contribution < 1.29 is 19.1 Å². The van der Waals surface area contributed by atoms with E-state index >= 15 is 0 Å². The molecule has 6 unspecified atom stereocenters. The number of carbonyl (C=O) groups excluding carboxylic acids is 3. The average molecular weight is 386 g/mol. The van der Waals surface area contributed by atoms with Gasteiger partial charge in [0.2, 0.25) is 17.7 Å². The number of likely N-dealkylation sites (tertiary alicyclic amines) is 2. The molecule has 2 bridgehead atoms. The second-order valence-electron chi connectivity index (χ2n) is 7.93. The fraction of sp³-hybridized carbons (Fsp3) is 0.833. The number of hydrogen-bond acceptors (Lipinski definition) is 5. The lowest BCUT2D eigenvalue weighted by Gasteiger charge is -2.38. The Balaban J connectivity index is 0.00000196. The van der Waals surface area contributed by atoms with Crippen molar-refractivity contribution in [2.45, 2.75) is 69.7 Å². The number of imide groups is 1. The molecule has 0 aromatic carbocycles. The lowest BCUT2D eigenvalue weighted by atomic mass is 9.81. The van der Waals surface area contributed by atoms with Crippen molar-refractivity contribution in [2.24, 2.45) is 17.6 Å². The van der Waals surface area contributed by atoms with Crippen LogP contribution in [0, 0.1) is 11.8 Å². The minimum absolute atomic E-state index is 0. The lowest BCUT2D eigenvalue weighted by molar-refractivity contribution is -0.143. The number of carbonyl (C=O) groups is 3. The van der Waals surface area contributed by atoms with E-state index in [1.165, 1.54) is 4.90 Å². The molecule has 146 valence electrons. The minimum atomic E-state index is -0.312. The Bertz CT molecular complexity index is 571. The number of nitrogens with zero attached hydrogens (tertiary/aromatic N) is 2. The number of rotatable bonds is 4. The van der Waals surface area contributed by atoms with E-state index in [-0.39, 0.29) is 79.2 Å². The number of hydrogen-bond donors (Lipinski definition) is 1. The fourth-order valence-corrected chi connectivity index (χ4v) is 5.16. The van der Waals surface area contributed by atoms with Gasteiger partial charge >= 0.3 is 0 Å². The molecule has 0 aliphatic carbocycles. The highest BCUT2D eigenvalue weighted by molar-refractivity contribution is 6.06. The zero-order valence-electron chi connectivity index (χ0n) is 15.1. The third-order valence-corrected chi connectivity index (χ3v) is 6.40. The Hall–Kier alpha value is -1.18. The Kier molecular flexibility index (Phi) is 5.61. The van der Waals surface area contributed by atoms with Gasteiger partial charge in [-0.2, -0.15) is 0 Å². The number of amides is 3. The highest BCUT2D eigenvalue weighted by Crippen LogP contribution is 2.48. The second-order valence-corrected chi connectivity index (χ2v) is 7.93. The maximum Gasteiger partial charge on any atom is 0.235 e. The van der Waals surface area contributed by atoms with Gasteiger partial charge in [0.05, 0.1) is 24.0 Å². The highest BCUT2D eigenvalue weighted by atomic mass is 35.5. The van der Waals surface area contributed by atoms with Crippen LogP contribution in [-0.2, 0) is 19.1 Å². The summed E-state index contributed by atoms with van der Waals surface area (Å²) < 4.78 is 5.73. The Morgan fingerprint density at radius 3 is 2.35 bits per heavy atom. The average Bonchev–Trinajstić information content (AvgIpc) is 3.28. The number of fused-ring (bicyclic) bond motifs is 5. The molecule has 0 saturated carbocycles. The van der Waals surface area contributed by atoms with E-state index in [2.05, 4.69) is 0 Å². The zero-order chi connectivity index (χ0) is 17.7. The third-order valence-electron chi connectivity index (χ3n) is 6.40. The van der Waals surface area contributed by atoms with Gasteiger partial charge in [0, 0.05) is 31.6 Å². The molecule has 6 atom stereocenters. The molecule has 7 nitrogen and oxygen atoms in total. The van der Waals surface area contributed by atoms with Crippen LogP contribution in [0.15, 0.2) is 0 Å². The summed E-state index contributed by atoms with van der Waals surface area (Å²) >= 11 is 0. The first kappa shape index (κ1) is 19.6. The predicted octanol–water partition coefficient (Wildman–Crippen LogP) is 0.689. The van der Waals surface area contributed by atoms with Gasteiger partial charge in [0.15, 0.2) is 0 Å². The molecule has 0 spiro atoms. The van der Waals surface area contributed by atoms with E-state index in [1.807, 2.05) is 11.8 Å². The number of ether oxygens (including phenoxy) is 1. The first-order valence-corrected chi connectivity index (χ1v) is 9.54. The normalized spacial score (nSPS) is 36.9. The Morgan fingerprint density at radius 2 is 1.77 bits per heavy atom. The standard InChI is InChI=1S/C18H27N3O4.ClH/c1-10(19)11-4-2-3-8-20(11)14(22)7-9-21-17(23)15-12-5-6-13(25-12)16(15)18(21)24;/h10-13,15-16H,2-9,19H2,1H3;1H. The van der Waals surface area contributed by atoms with E-state index < -0.39 is 0 Å². The molecule has 0 aromatic heterocycles. The van der Waals surface area contributed by atoms with Crippen molar-refractivity contribution >= 4 is 30.1 Å². The molecule has 26 heavy (non-hydrogen) atoms. The maximum absolute atomic E-state index is 12.7. The van der Waals surface area contributed by atoms with Crippen LogP contribution < -0.4 is 5.73 Å². The van der Waals surface area contributed by atoms with Gasteiger partial charge in [-0.3, -0.25) is 19.3 Å². The van der Waals surface area contributed by atoms with Crippen molar-refractivity contribution in [1.29, 1.82) is 0 Å². The maximum atomic E-state index is 12.7. The van der Waals surface area contributed by atoms with Crippen LogP contribution in [0.4, 0.5) is 0 Å². The molecule has 4 heterocycles. The number of nitrogens with two attached hydrogens (primary N) is 1. The van der Waals surface area contributed by atoms with Gasteiger partial charge in [0.25, 0.3) is 0 Å². The summed E-state index contributed by atoms with van der Waals surface area (Å²) in [5, 5.41) is 0. The molecule has 3 amide bonds. The number of halogens is 1. The fourth-order valence-electron chi connectivity index (χ4n) is 5.16. The smallest absolute Gasteiger partial charge is 0.235 e. The quantitative estimate of drug-likeness (QED) is 0.718. The van der Waals surface area contributed by atoms with Crippen LogP contribution in [0.5, 0.6) is 0 Å². The second kappa shape index (κ2) is 7.44. The van der Waals surface area contributed by atoms with E-state index in [4.69, 9.17) is 10.5 Å². The minimum Gasteiger partial charge on any atom is -0.373 e. The first-order chi connectivity index (χ1) is 12.0. The first-order valence-electron chi connectivity index (χ1n) is 9.54. The molecule has 4 saturated heterocycles. The van der Waals surface area contributed by atoms with Crippen molar-refractivity contribution in [2.75, 3.05) is 13.1 Å². The van der Waals surface area contributed by atoms with Gasteiger partial charge in [0.1, 0.15) is 0 Å². The van der Waals surface area contributed by atoms with E-state index in [0.717, 1.165) is 38.6 Å². The van der Waals surface area contributed by atoms with Crippen molar-refractivity contribution in [3.63, 3.8) is 0 Å². The number of piperidine rings is 1. The van der Waals surface area contributed by atoms with E-state index in [0.29, 0.717) is 0 Å². The molecule has 2 N–H and O–H groups in total.